The highest BCUT2D eigenvalue weighted by Gasteiger charge is 2.32. The number of aryl methyl sites for hydroxylation is 1. The van der Waals surface area contributed by atoms with E-state index in [1.165, 1.54) is 12.1 Å². The Labute approximate surface area is 168 Å². The molecule has 150 valence electrons. The number of hydrogen-bond donors (Lipinski definition) is 1. The van der Waals surface area contributed by atoms with E-state index in [4.69, 9.17) is 19.2 Å². The molecule has 1 atom stereocenters. The lowest BCUT2D eigenvalue weighted by Crippen LogP contribution is -2.08. The lowest BCUT2D eigenvalue weighted by atomic mass is 9.98. The van der Waals surface area contributed by atoms with Gasteiger partial charge in [0.15, 0.2) is 11.9 Å². The maximum Gasteiger partial charge on any atom is 0.213 e. The molecule has 4 rings (SSSR count). The Morgan fingerprint density at radius 1 is 1.00 bits per heavy atom. The van der Waals surface area contributed by atoms with Crippen LogP contribution in [0.3, 0.4) is 0 Å². The average molecular weight is 395 g/mol. The lowest BCUT2D eigenvalue weighted by molar-refractivity contribution is -0.212. The first-order valence-corrected chi connectivity index (χ1v) is 9.27. The third-order valence-corrected chi connectivity index (χ3v) is 5.06. The van der Waals surface area contributed by atoms with Crippen LogP contribution in [0.15, 0.2) is 54.6 Å². The monoisotopic (exact) mass is 395 g/mol. The van der Waals surface area contributed by atoms with Gasteiger partial charge in [0.25, 0.3) is 0 Å². The molecule has 1 heterocycles. The molecule has 0 aliphatic carbocycles. The topological polar surface area (TPSA) is 49.0 Å². The van der Waals surface area contributed by atoms with Crippen LogP contribution in [-0.2, 0) is 11.4 Å². The van der Waals surface area contributed by atoms with Crippen molar-refractivity contribution < 1.29 is 23.6 Å². The van der Waals surface area contributed by atoms with Crippen molar-refractivity contribution in [2.45, 2.75) is 19.6 Å². The number of nitrogens with one attached hydrogen (secondary N) is 1. The summed E-state index contributed by atoms with van der Waals surface area (Å²) in [6, 6.07) is 16.1. The molecule has 0 saturated carbocycles. The summed E-state index contributed by atoms with van der Waals surface area (Å²) in [7, 11) is 3.22. The molecule has 1 N–H and O–H groups in total. The van der Waals surface area contributed by atoms with Gasteiger partial charge in [-0.05, 0) is 48.4 Å². The molecule has 0 fully saturated rings. The first kappa shape index (κ1) is 19.1. The van der Waals surface area contributed by atoms with Crippen LogP contribution >= 0.6 is 0 Å². The van der Waals surface area contributed by atoms with Crippen molar-refractivity contribution in [3.8, 4) is 17.2 Å². The number of para-hydroxylation sites is 1. The average Bonchev–Trinajstić information content (AvgIpc) is 3.17. The fourth-order valence-corrected chi connectivity index (χ4v) is 3.45. The van der Waals surface area contributed by atoms with Crippen LogP contribution in [0.1, 0.15) is 28.4 Å². The fraction of sp³-hybridized carbons (Fsp3) is 0.217. The van der Waals surface area contributed by atoms with Crippen molar-refractivity contribution in [2.24, 2.45) is 0 Å². The number of halogens is 1. The van der Waals surface area contributed by atoms with E-state index in [0.717, 1.165) is 28.0 Å². The number of fused-ring (bicyclic) bond motifs is 1. The highest BCUT2D eigenvalue weighted by molar-refractivity contribution is 5.59. The Balaban J connectivity index is 1.63. The van der Waals surface area contributed by atoms with Gasteiger partial charge in [-0.3, -0.25) is 0 Å². The Morgan fingerprint density at radius 2 is 1.86 bits per heavy atom. The van der Waals surface area contributed by atoms with Gasteiger partial charge in [-0.1, -0.05) is 24.3 Å². The molecule has 1 aliphatic heterocycles. The number of ether oxygens (including phenoxy) is 2. The van der Waals surface area contributed by atoms with Gasteiger partial charge in [-0.2, -0.15) is 4.89 Å². The van der Waals surface area contributed by atoms with Gasteiger partial charge < -0.3 is 19.7 Å². The molecule has 0 saturated heterocycles. The maximum atomic E-state index is 14.0. The van der Waals surface area contributed by atoms with Crippen LogP contribution in [0, 0.1) is 12.7 Å². The van der Waals surface area contributed by atoms with Gasteiger partial charge in [-0.25, -0.2) is 4.39 Å². The molecule has 0 bridgehead atoms. The summed E-state index contributed by atoms with van der Waals surface area (Å²) in [5, 5.41) is 3.34. The van der Waals surface area contributed by atoms with Gasteiger partial charge in [0, 0.05) is 23.4 Å². The predicted octanol–water partition coefficient (Wildman–Crippen LogP) is 5.18. The summed E-state index contributed by atoms with van der Waals surface area (Å²) in [6.45, 7) is 2.55. The van der Waals surface area contributed by atoms with E-state index in [1.54, 1.807) is 26.4 Å². The minimum absolute atomic E-state index is 0.326. The number of methoxy groups -OCH3 is 2. The Bertz CT molecular complexity index is 1040. The van der Waals surface area contributed by atoms with E-state index in [-0.39, 0.29) is 5.82 Å². The first-order chi connectivity index (χ1) is 14.1. The first-order valence-electron chi connectivity index (χ1n) is 9.27. The second-order valence-electron chi connectivity index (χ2n) is 6.82. The molecule has 5 nitrogen and oxygen atoms in total. The molecule has 0 aromatic heterocycles. The van der Waals surface area contributed by atoms with Crippen molar-refractivity contribution in [3.05, 3.63) is 82.7 Å². The molecule has 1 unspecified atom stereocenters. The Hall–Kier alpha value is -3.25. The maximum absolute atomic E-state index is 14.0. The molecule has 6 heteroatoms. The zero-order valence-corrected chi connectivity index (χ0v) is 16.5. The van der Waals surface area contributed by atoms with Crippen molar-refractivity contribution in [1.82, 2.24) is 0 Å². The highest BCUT2D eigenvalue weighted by Crippen LogP contribution is 2.46. The quantitative estimate of drug-likeness (QED) is 0.583. The number of hydrogen-bond acceptors (Lipinski definition) is 5. The normalized spacial score (nSPS) is 14.8. The molecular weight excluding hydrogens is 373 g/mol. The number of benzene rings is 3. The van der Waals surface area contributed by atoms with E-state index in [9.17, 15) is 4.39 Å². The summed E-state index contributed by atoms with van der Waals surface area (Å²) < 4.78 is 24.6. The zero-order valence-electron chi connectivity index (χ0n) is 16.5. The van der Waals surface area contributed by atoms with Crippen LogP contribution in [0.2, 0.25) is 0 Å². The molecule has 0 radical (unpaired) electrons. The summed E-state index contributed by atoms with van der Waals surface area (Å²) in [6.07, 6.45) is -0.486. The number of rotatable bonds is 6. The standard InChI is InChI=1S/C23H22FNO4/c1-14-11-17(26-2)9-7-15(14)13-25-20-12-16(24)8-10-18(20)22-19-5-4-6-21(27-3)23(19)29-28-22/h4-12,22,25H,13H2,1-3H3. The van der Waals surface area contributed by atoms with Crippen molar-refractivity contribution in [3.63, 3.8) is 0 Å². The van der Waals surface area contributed by atoms with Gasteiger partial charge >= 0.3 is 0 Å². The minimum Gasteiger partial charge on any atom is -0.497 e. The SMILES string of the molecule is COc1ccc(CNc2cc(F)ccc2C2OOc3c(OC)cccc32)c(C)c1. The zero-order chi connectivity index (χ0) is 20.4. The van der Waals surface area contributed by atoms with E-state index in [0.29, 0.717) is 23.7 Å². The Morgan fingerprint density at radius 3 is 2.62 bits per heavy atom. The molecule has 1 aliphatic rings. The van der Waals surface area contributed by atoms with Crippen LogP contribution in [0.5, 0.6) is 17.2 Å². The predicted molar refractivity (Wildman–Crippen MR) is 108 cm³/mol. The van der Waals surface area contributed by atoms with Crippen LogP contribution in [0.4, 0.5) is 10.1 Å². The van der Waals surface area contributed by atoms with E-state index in [2.05, 4.69) is 5.32 Å². The van der Waals surface area contributed by atoms with E-state index < -0.39 is 6.10 Å². The van der Waals surface area contributed by atoms with Crippen molar-refractivity contribution in [2.75, 3.05) is 19.5 Å². The molecule has 0 spiro atoms. The molecule has 3 aromatic carbocycles. The van der Waals surface area contributed by atoms with Gasteiger partial charge in [0.05, 0.1) is 14.2 Å². The largest absolute Gasteiger partial charge is 0.497 e. The third kappa shape index (κ3) is 3.71. The van der Waals surface area contributed by atoms with Crippen LogP contribution < -0.4 is 19.7 Å². The molecule has 29 heavy (non-hydrogen) atoms. The van der Waals surface area contributed by atoms with Crippen LogP contribution in [-0.4, -0.2) is 14.2 Å². The minimum atomic E-state index is -0.486. The molecular formula is C23H22FNO4. The Kier molecular flexibility index (Phi) is 5.27. The second-order valence-corrected chi connectivity index (χ2v) is 6.82. The van der Waals surface area contributed by atoms with Gasteiger partial charge in [-0.15, -0.1) is 0 Å². The summed E-state index contributed by atoms with van der Waals surface area (Å²) in [5.41, 5.74) is 4.44. The summed E-state index contributed by atoms with van der Waals surface area (Å²) >= 11 is 0. The number of anilines is 1. The summed E-state index contributed by atoms with van der Waals surface area (Å²) in [5.74, 6) is 1.61. The third-order valence-electron chi connectivity index (χ3n) is 5.06. The second kappa shape index (κ2) is 8.01. The molecule has 0 amide bonds. The lowest BCUT2D eigenvalue weighted by Gasteiger charge is -2.17. The molecule has 3 aromatic rings. The van der Waals surface area contributed by atoms with Crippen molar-refractivity contribution >= 4 is 5.69 Å². The van der Waals surface area contributed by atoms with Crippen molar-refractivity contribution in [1.29, 1.82) is 0 Å². The fourth-order valence-electron chi connectivity index (χ4n) is 3.45. The summed E-state index contributed by atoms with van der Waals surface area (Å²) in [4.78, 5) is 11.0. The van der Waals surface area contributed by atoms with Gasteiger partial charge in [0.1, 0.15) is 11.6 Å². The van der Waals surface area contributed by atoms with E-state index in [1.807, 2.05) is 37.3 Å². The van der Waals surface area contributed by atoms with Crippen LogP contribution in [0.25, 0.3) is 0 Å². The highest BCUT2D eigenvalue weighted by atomic mass is 19.1. The smallest absolute Gasteiger partial charge is 0.213 e. The van der Waals surface area contributed by atoms with E-state index >= 15 is 0 Å². The van der Waals surface area contributed by atoms with Gasteiger partial charge in [0.2, 0.25) is 5.75 Å².